The second-order valence-electron chi connectivity index (χ2n) is 4.08. The van der Waals surface area contributed by atoms with Gasteiger partial charge in [0.1, 0.15) is 6.04 Å². The number of halogens is 1. The summed E-state index contributed by atoms with van der Waals surface area (Å²) in [5, 5.41) is 12.4. The van der Waals surface area contributed by atoms with Gasteiger partial charge in [0.25, 0.3) is 0 Å². The Kier molecular flexibility index (Phi) is 3.43. The number of carboxylic acids is 1. The Morgan fingerprint density at radius 1 is 1.50 bits per heavy atom. The van der Waals surface area contributed by atoms with Gasteiger partial charge in [-0.15, -0.1) is 0 Å². The maximum atomic E-state index is 11.7. The van der Waals surface area contributed by atoms with Gasteiger partial charge in [-0.3, -0.25) is 4.79 Å². The van der Waals surface area contributed by atoms with Crippen molar-refractivity contribution in [3.05, 3.63) is 28.8 Å². The van der Waals surface area contributed by atoms with Gasteiger partial charge in [0.15, 0.2) is 0 Å². The molecule has 1 aliphatic rings. The quantitative estimate of drug-likeness (QED) is 0.802. The molecule has 18 heavy (non-hydrogen) atoms. The predicted molar refractivity (Wildman–Crippen MR) is 65.9 cm³/mol. The van der Waals surface area contributed by atoms with E-state index in [0.29, 0.717) is 16.3 Å². The average Bonchev–Trinajstić information content (AvgIpc) is 2.35. The van der Waals surface area contributed by atoms with Crippen LogP contribution in [0, 0.1) is 0 Å². The van der Waals surface area contributed by atoms with Crippen LogP contribution in [0.1, 0.15) is 17.9 Å². The van der Waals surface area contributed by atoms with Crippen molar-refractivity contribution in [3.63, 3.8) is 0 Å². The highest BCUT2D eigenvalue weighted by atomic mass is 35.5. The van der Waals surface area contributed by atoms with Crippen LogP contribution in [0.25, 0.3) is 0 Å². The number of esters is 1. The molecule has 0 bridgehead atoms. The molecule has 0 saturated heterocycles. The molecule has 1 aromatic carbocycles. The average molecular weight is 270 g/mol. The summed E-state index contributed by atoms with van der Waals surface area (Å²) in [4.78, 5) is 22.8. The monoisotopic (exact) mass is 269 g/mol. The predicted octanol–water partition coefficient (Wildman–Crippen LogP) is 1.87. The topological polar surface area (TPSA) is 75.6 Å². The Bertz CT molecular complexity index is 503. The molecule has 1 heterocycles. The molecule has 1 aromatic rings. The van der Waals surface area contributed by atoms with Crippen molar-refractivity contribution in [2.75, 3.05) is 12.4 Å². The first-order valence-electron chi connectivity index (χ1n) is 5.39. The van der Waals surface area contributed by atoms with Gasteiger partial charge < -0.3 is 15.2 Å². The Balaban J connectivity index is 2.43. The molecular formula is C12H12ClNO4. The molecule has 0 spiro atoms. The first-order chi connectivity index (χ1) is 8.52. The van der Waals surface area contributed by atoms with Crippen LogP contribution in [0.4, 0.5) is 5.69 Å². The summed E-state index contributed by atoms with van der Waals surface area (Å²) in [7, 11) is 1.29. The maximum absolute atomic E-state index is 11.7. The molecule has 0 saturated carbocycles. The number of carbonyl (C=O) groups is 2. The summed E-state index contributed by atoms with van der Waals surface area (Å²) in [6, 6.07) is 4.17. The summed E-state index contributed by atoms with van der Waals surface area (Å²) < 4.78 is 4.71. The minimum atomic E-state index is -1.01. The van der Waals surface area contributed by atoms with Crippen molar-refractivity contribution in [2.24, 2.45) is 0 Å². The standard InChI is InChI=1S/C12H12ClNO4/c1-18-12(17)8-5-10(11(15)16)14-9-4-6(13)2-3-7(8)9/h2-4,8,10,14H,5H2,1H3,(H,15,16)/t8-,10-/m1/s1. The number of nitrogens with one attached hydrogen (secondary N) is 1. The van der Waals surface area contributed by atoms with Gasteiger partial charge in [0.2, 0.25) is 0 Å². The number of carboxylic acid groups (broad SMARTS) is 1. The van der Waals surface area contributed by atoms with Gasteiger partial charge in [-0.1, -0.05) is 17.7 Å². The first kappa shape index (κ1) is 12.7. The number of hydrogen-bond acceptors (Lipinski definition) is 4. The number of methoxy groups -OCH3 is 1. The molecule has 2 N–H and O–H groups in total. The van der Waals surface area contributed by atoms with Gasteiger partial charge in [-0.2, -0.15) is 0 Å². The number of fused-ring (bicyclic) bond motifs is 1. The van der Waals surface area contributed by atoms with Crippen molar-refractivity contribution in [1.82, 2.24) is 0 Å². The summed E-state index contributed by atoms with van der Waals surface area (Å²) in [6.07, 6.45) is 0.163. The fourth-order valence-corrected chi connectivity index (χ4v) is 2.27. The minimum absolute atomic E-state index is 0.163. The van der Waals surface area contributed by atoms with Crippen LogP contribution >= 0.6 is 11.6 Å². The Labute approximate surface area is 109 Å². The Hall–Kier alpha value is -1.75. The van der Waals surface area contributed by atoms with Crippen molar-refractivity contribution >= 4 is 29.2 Å². The number of ether oxygens (including phenoxy) is 1. The minimum Gasteiger partial charge on any atom is -0.480 e. The van der Waals surface area contributed by atoms with Crippen LogP contribution in [-0.4, -0.2) is 30.2 Å². The second-order valence-corrected chi connectivity index (χ2v) is 4.51. The number of carbonyl (C=O) groups excluding carboxylic acids is 1. The number of hydrogen-bond donors (Lipinski definition) is 2. The number of aliphatic carboxylic acids is 1. The molecule has 0 radical (unpaired) electrons. The summed E-state index contributed by atoms with van der Waals surface area (Å²) >= 11 is 5.86. The molecule has 2 atom stereocenters. The van der Waals surface area contributed by atoms with E-state index in [2.05, 4.69) is 5.32 Å². The molecule has 5 nitrogen and oxygen atoms in total. The number of rotatable bonds is 2. The van der Waals surface area contributed by atoms with Gasteiger partial charge in [-0.25, -0.2) is 4.79 Å². The zero-order valence-corrected chi connectivity index (χ0v) is 10.4. The lowest BCUT2D eigenvalue weighted by Crippen LogP contribution is -2.37. The van der Waals surface area contributed by atoms with Crippen LogP contribution in [0.3, 0.4) is 0 Å². The molecule has 1 aliphatic heterocycles. The summed E-state index contributed by atoms with van der Waals surface area (Å²) in [6.45, 7) is 0. The Morgan fingerprint density at radius 2 is 2.22 bits per heavy atom. The number of anilines is 1. The molecule has 0 aromatic heterocycles. The molecule has 0 aliphatic carbocycles. The summed E-state index contributed by atoms with van der Waals surface area (Å²) in [5.74, 6) is -2.02. The first-order valence-corrected chi connectivity index (χ1v) is 5.77. The lowest BCUT2D eigenvalue weighted by Gasteiger charge is -2.29. The molecule has 0 unspecified atom stereocenters. The molecular weight excluding hydrogens is 258 g/mol. The normalized spacial score (nSPS) is 21.7. The van der Waals surface area contributed by atoms with E-state index in [9.17, 15) is 9.59 Å². The van der Waals surface area contributed by atoms with E-state index in [-0.39, 0.29) is 6.42 Å². The molecule has 6 heteroatoms. The van der Waals surface area contributed by atoms with Crippen LogP contribution in [0.15, 0.2) is 18.2 Å². The van der Waals surface area contributed by atoms with E-state index in [4.69, 9.17) is 21.4 Å². The van der Waals surface area contributed by atoms with E-state index in [1.807, 2.05) is 0 Å². The van der Waals surface area contributed by atoms with Crippen LogP contribution in [0.2, 0.25) is 5.02 Å². The van der Waals surface area contributed by atoms with E-state index < -0.39 is 23.9 Å². The fraction of sp³-hybridized carbons (Fsp3) is 0.333. The smallest absolute Gasteiger partial charge is 0.326 e. The van der Waals surface area contributed by atoms with Gasteiger partial charge in [-0.05, 0) is 24.1 Å². The Morgan fingerprint density at radius 3 is 2.83 bits per heavy atom. The zero-order valence-electron chi connectivity index (χ0n) is 9.64. The second kappa shape index (κ2) is 4.86. The molecule has 0 fully saturated rings. The molecule has 0 amide bonds. The van der Waals surface area contributed by atoms with Crippen LogP contribution in [0.5, 0.6) is 0 Å². The fourth-order valence-electron chi connectivity index (χ4n) is 2.09. The zero-order chi connectivity index (χ0) is 13.3. The SMILES string of the molecule is COC(=O)[C@@H]1C[C@H](C(=O)O)Nc2cc(Cl)ccc21. The highest BCUT2D eigenvalue weighted by Gasteiger charge is 2.35. The van der Waals surface area contributed by atoms with Crippen LogP contribution in [-0.2, 0) is 14.3 Å². The lowest BCUT2D eigenvalue weighted by atomic mass is 9.87. The largest absolute Gasteiger partial charge is 0.480 e. The van der Waals surface area contributed by atoms with Crippen molar-refractivity contribution < 1.29 is 19.4 Å². The lowest BCUT2D eigenvalue weighted by molar-refractivity contribution is -0.143. The van der Waals surface area contributed by atoms with Gasteiger partial charge >= 0.3 is 11.9 Å². The van der Waals surface area contributed by atoms with Crippen molar-refractivity contribution in [1.29, 1.82) is 0 Å². The van der Waals surface area contributed by atoms with Crippen molar-refractivity contribution in [3.8, 4) is 0 Å². The third-order valence-corrected chi connectivity index (χ3v) is 3.21. The van der Waals surface area contributed by atoms with E-state index in [0.717, 1.165) is 0 Å². The maximum Gasteiger partial charge on any atom is 0.326 e. The highest BCUT2D eigenvalue weighted by Crippen LogP contribution is 2.36. The van der Waals surface area contributed by atoms with Crippen molar-refractivity contribution in [2.45, 2.75) is 18.4 Å². The third kappa shape index (κ3) is 2.26. The van der Waals surface area contributed by atoms with E-state index >= 15 is 0 Å². The highest BCUT2D eigenvalue weighted by molar-refractivity contribution is 6.30. The van der Waals surface area contributed by atoms with Gasteiger partial charge in [0, 0.05) is 10.7 Å². The number of benzene rings is 1. The third-order valence-electron chi connectivity index (χ3n) is 2.98. The van der Waals surface area contributed by atoms with E-state index in [1.54, 1.807) is 18.2 Å². The van der Waals surface area contributed by atoms with E-state index in [1.165, 1.54) is 7.11 Å². The summed E-state index contributed by atoms with van der Waals surface area (Å²) in [5.41, 5.74) is 1.28. The van der Waals surface area contributed by atoms with Crippen LogP contribution < -0.4 is 5.32 Å². The van der Waals surface area contributed by atoms with Gasteiger partial charge in [0.05, 0.1) is 13.0 Å². The molecule has 96 valence electrons. The molecule has 2 rings (SSSR count).